The van der Waals surface area contributed by atoms with E-state index in [0.29, 0.717) is 47.8 Å². The number of hydrogen-bond donors (Lipinski definition) is 2. The number of benzene rings is 2. The normalized spacial score (nSPS) is 15.2. The zero-order chi connectivity index (χ0) is 25.2. The number of nitrogens with two attached hydrogens (primary N) is 1. The summed E-state index contributed by atoms with van der Waals surface area (Å²) in [5.74, 6) is 2.81. The van der Waals surface area contributed by atoms with Crippen LogP contribution in [0.15, 0.2) is 48.9 Å². The summed E-state index contributed by atoms with van der Waals surface area (Å²) in [7, 11) is 4.70. The number of anilines is 3. The molecule has 3 N–H and O–H groups in total. The predicted octanol–water partition coefficient (Wildman–Crippen LogP) is 3.04. The molecule has 36 heavy (non-hydrogen) atoms. The van der Waals surface area contributed by atoms with Crippen LogP contribution in [0.1, 0.15) is 12.8 Å². The minimum Gasteiger partial charge on any atom is -0.493 e. The zero-order valence-corrected chi connectivity index (χ0v) is 20.3. The predicted molar refractivity (Wildman–Crippen MR) is 136 cm³/mol. The SMILES string of the molecule is COc1cc(-n2cnc(Nc3nc(N4CCCC4C(N)=O)c4ccccc4n3)c2)cc(OC)c1OC. The maximum Gasteiger partial charge on any atom is 0.240 e. The highest BCUT2D eigenvalue weighted by molar-refractivity contribution is 5.94. The lowest BCUT2D eigenvalue weighted by atomic mass is 10.2. The molecule has 1 fully saturated rings. The third-order valence-electron chi connectivity index (χ3n) is 6.21. The van der Waals surface area contributed by atoms with Crippen molar-refractivity contribution in [3.05, 3.63) is 48.9 Å². The number of hydrogen-bond acceptors (Lipinski definition) is 9. The van der Waals surface area contributed by atoms with E-state index in [1.165, 1.54) is 0 Å². The summed E-state index contributed by atoms with van der Waals surface area (Å²) in [4.78, 5) is 27.9. The molecule has 1 saturated heterocycles. The van der Waals surface area contributed by atoms with Gasteiger partial charge >= 0.3 is 0 Å². The van der Waals surface area contributed by atoms with Gasteiger partial charge in [-0.3, -0.25) is 4.79 Å². The van der Waals surface area contributed by atoms with Crippen LogP contribution >= 0.6 is 0 Å². The molecule has 0 bridgehead atoms. The Bertz CT molecular complexity index is 1400. The summed E-state index contributed by atoms with van der Waals surface area (Å²) >= 11 is 0. The number of para-hydroxylation sites is 1. The number of ether oxygens (including phenoxy) is 3. The van der Waals surface area contributed by atoms with Crippen molar-refractivity contribution < 1.29 is 19.0 Å². The van der Waals surface area contributed by atoms with Crippen LogP contribution in [0, 0.1) is 0 Å². The number of carbonyl (C=O) groups is 1. The first-order valence-electron chi connectivity index (χ1n) is 11.5. The Morgan fingerprint density at radius 1 is 1.08 bits per heavy atom. The van der Waals surface area contributed by atoms with Crippen LogP contribution in [0.2, 0.25) is 0 Å². The fraction of sp³-hybridized carbons (Fsp3) is 0.280. The van der Waals surface area contributed by atoms with E-state index in [1.807, 2.05) is 45.9 Å². The van der Waals surface area contributed by atoms with Gasteiger partial charge in [0.25, 0.3) is 0 Å². The average molecular weight is 490 g/mol. The number of fused-ring (bicyclic) bond motifs is 1. The van der Waals surface area contributed by atoms with E-state index in [1.54, 1.807) is 33.9 Å². The molecular formula is C25H27N7O4. The van der Waals surface area contributed by atoms with Gasteiger partial charge in [-0.25, -0.2) is 9.97 Å². The van der Waals surface area contributed by atoms with Crippen molar-refractivity contribution in [1.82, 2.24) is 19.5 Å². The highest BCUT2D eigenvalue weighted by Gasteiger charge is 2.31. The van der Waals surface area contributed by atoms with E-state index in [9.17, 15) is 4.79 Å². The fourth-order valence-electron chi connectivity index (χ4n) is 4.51. The third kappa shape index (κ3) is 4.19. The third-order valence-corrected chi connectivity index (χ3v) is 6.21. The molecule has 5 rings (SSSR count). The molecule has 1 amide bonds. The van der Waals surface area contributed by atoms with Crippen LogP contribution < -0.4 is 30.2 Å². The van der Waals surface area contributed by atoms with Gasteiger partial charge in [0, 0.05) is 24.1 Å². The Morgan fingerprint density at radius 2 is 1.83 bits per heavy atom. The molecule has 0 radical (unpaired) electrons. The van der Waals surface area contributed by atoms with E-state index in [-0.39, 0.29) is 5.91 Å². The number of nitrogens with one attached hydrogen (secondary N) is 1. The van der Waals surface area contributed by atoms with Crippen molar-refractivity contribution in [3.8, 4) is 22.9 Å². The van der Waals surface area contributed by atoms with Gasteiger partial charge in [-0.15, -0.1) is 0 Å². The van der Waals surface area contributed by atoms with Gasteiger partial charge in [0.1, 0.15) is 18.2 Å². The Labute approximate surface area is 207 Å². The molecule has 1 unspecified atom stereocenters. The van der Waals surface area contributed by atoms with E-state index >= 15 is 0 Å². The lowest BCUT2D eigenvalue weighted by Crippen LogP contribution is -2.40. The molecule has 3 heterocycles. The Hall–Kier alpha value is -4.54. The molecule has 1 atom stereocenters. The molecule has 2 aromatic carbocycles. The van der Waals surface area contributed by atoms with Crippen molar-refractivity contribution in [1.29, 1.82) is 0 Å². The fourth-order valence-corrected chi connectivity index (χ4v) is 4.51. The first-order chi connectivity index (χ1) is 17.5. The number of methoxy groups -OCH3 is 3. The van der Waals surface area contributed by atoms with Crippen molar-refractivity contribution in [2.24, 2.45) is 5.73 Å². The molecule has 2 aromatic heterocycles. The smallest absolute Gasteiger partial charge is 0.240 e. The van der Waals surface area contributed by atoms with Gasteiger partial charge in [0.2, 0.25) is 17.6 Å². The molecule has 1 aliphatic heterocycles. The van der Waals surface area contributed by atoms with E-state index < -0.39 is 6.04 Å². The molecule has 0 aliphatic carbocycles. The van der Waals surface area contributed by atoms with Crippen LogP contribution in [0.5, 0.6) is 17.2 Å². The maximum atomic E-state index is 12.0. The van der Waals surface area contributed by atoms with Crippen LogP contribution in [0.4, 0.5) is 17.6 Å². The largest absolute Gasteiger partial charge is 0.493 e. The molecule has 1 aliphatic rings. The van der Waals surface area contributed by atoms with Crippen LogP contribution in [-0.2, 0) is 4.79 Å². The monoisotopic (exact) mass is 489 g/mol. The van der Waals surface area contributed by atoms with E-state index in [4.69, 9.17) is 24.9 Å². The summed E-state index contributed by atoms with van der Waals surface area (Å²) in [5.41, 5.74) is 7.19. The second-order valence-electron chi connectivity index (χ2n) is 8.32. The van der Waals surface area contributed by atoms with E-state index in [2.05, 4.69) is 15.3 Å². The number of imidazole rings is 1. The lowest BCUT2D eigenvalue weighted by molar-refractivity contribution is -0.119. The zero-order valence-electron chi connectivity index (χ0n) is 20.3. The van der Waals surface area contributed by atoms with Crippen molar-refractivity contribution >= 4 is 34.4 Å². The second kappa shape index (κ2) is 9.61. The summed E-state index contributed by atoms with van der Waals surface area (Å²) in [6.45, 7) is 0.698. The number of primary amides is 1. The molecule has 11 nitrogen and oxygen atoms in total. The number of aromatic nitrogens is 4. The minimum atomic E-state index is -0.393. The van der Waals surface area contributed by atoms with Gasteiger partial charge < -0.3 is 34.7 Å². The molecule has 4 aromatic rings. The van der Waals surface area contributed by atoms with Crippen LogP contribution in [0.25, 0.3) is 16.6 Å². The van der Waals surface area contributed by atoms with Crippen molar-refractivity contribution in [2.75, 3.05) is 38.1 Å². The van der Waals surface area contributed by atoms with Crippen LogP contribution in [0.3, 0.4) is 0 Å². The number of nitrogens with zero attached hydrogens (tertiary/aromatic N) is 5. The Kier molecular flexibility index (Phi) is 6.19. The minimum absolute atomic E-state index is 0.353. The Morgan fingerprint density at radius 3 is 2.53 bits per heavy atom. The quantitative estimate of drug-likeness (QED) is 0.383. The first kappa shape index (κ1) is 23.2. The van der Waals surface area contributed by atoms with Crippen LogP contribution in [-0.4, -0.2) is 59.3 Å². The molecule has 0 saturated carbocycles. The average Bonchev–Trinajstić information content (AvgIpc) is 3.57. The van der Waals surface area contributed by atoms with E-state index in [0.717, 1.165) is 23.0 Å². The summed E-state index contributed by atoms with van der Waals surface area (Å²) < 4.78 is 18.1. The number of carbonyl (C=O) groups excluding carboxylic acids is 1. The number of rotatable bonds is 8. The molecule has 0 spiro atoms. The highest BCUT2D eigenvalue weighted by atomic mass is 16.5. The van der Waals surface area contributed by atoms with Gasteiger partial charge in [-0.2, -0.15) is 4.98 Å². The molecule has 186 valence electrons. The summed E-state index contributed by atoms with van der Waals surface area (Å²) in [6, 6.07) is 11.0. The standard InChI is InChI=1S/C25H27N7O4/c1-34-19-11-15(12-20(35-2)22(19)36-3)31-13-21(27-14-31)29-25-28-17-8-5-4-7-16(17)24(30-25)32-10-6-9-18(32)23(26)33/h4-5,7-8,11-14,18H,6,9-10H2,1-3H3,(H2,26,33)(H,28,29,30). The topological polar surface area (TPSA) is 130 Å². The van der Waals surface area contributed by atoms with Gasteiger partial charge in [-0.05, 0) is 25.0 Å². The van der Waals surface area contributed by atoms with Gasteiger partial charge in [0.15, 0.2) is 17.3 Å². The second-order valence-corrected chi connectivity index (χ2v) is 8.32. The summed E-state index contributed by atoms with van der Waals surface area (Å²) in [6.07, 6.45) is 5.04. The highest BCUT2D eigenvalue weighted by Crippen LogP contribution is 2.39. The molecular weight excluding hydrogens is 462 g/mol. The lowest BCUT2D eigenvalue weighted by Gasteiger charge is -2.24. The Balaban J connectivity index is 1.49. The van der Waals surface area contributed by atoms with Crippen molar-refractivity contribution in [2.45, 2.75) is 18.9 Å². The van der Waals surface area contributed by atoms with Gasteiger partial charge in [-0.1, -0.05) is 12.1 Å². The van der Waals surface area contributed by atoms with Gasteiger partial charge in [0.05, 0.1) is 38.7 Å². The van der Waals surface area contributed by atoms with Crippen molar-refractivity contribution in [3.63, 3.8) is 0 Å². The number of amides is 1. The molecule has 11 heteroatoms. The first-order valence-corrected chi connectivity index (χ1v) is 11.5. The summed E-state index contributed by atoms with van der Waals surface area (Å²) in [5, 5.41) is 4.05. The maximum absolute atomic E-state index is 12.0.